The lowest BCUT2D eigenvalue weighted by atomic mass is 10.0. The van der Waals surface area contributed by atoms with Crippen molar-refractivity contribution in [3.8, 4) is 11.1 Å². The van der Waals surface area contributed by atoms with Crippen LogP contribution < -0.4 is 20.7 Å². The Labute approximate surface area is 235 Å². The smallest absolute Gasteiger partial charge is 0.264 e. The minimum absolute atomic E-state index is 0.147. The molecule has 2 fully saturated rings. The van der Waals surface area contributed by atoms with Crippen LogP contribution in [0.2, 0.25) is 0 Å². The lowest BCUT2D eigenvalue weighted by molar-refractivity contribution is 0.101. The topological polar surface area (TPSA) is 95.8 Å². The maximum atomic E-state index is 15.7. The van der Waals surface area contributed by atoms with Gasteiger partial charge in [0.25, 0.3) is 17.9 Å². The van der Waals surface area contributed by atoms with Gasteiger partial charge in [0.05, 0.1) is 30.2 Å². The second-order valence-corrected chi connectivity index (χ2v) is 10.3. The van der Waals surface area contributed by atoms with Crippen molar-refractivity contribution in [3.05, 3.63) is 64.1 Å². The second-order valence-electron chi connectivity index (χ2n) is 10.3. The molecule has 0 radical (unpaired) electrons. The Bertz CT molecular complexity index is 1480. The van der Waals surface area contributed by atoms with Gasteiger partial charge in [-0.3, -0.25) is 9.59 Å². The van der Waals surface area contributed by atoms with Gasteiger partial charge >= 0.3 is 0 Å². The standard InChI is InChI=1S/C28H32F3N7O3/c1-17-15-38(5-4-35(17)2)24-12-22(29)19(18-13-32-28(33-14-18)37-6-8-41-9-7-37)10-23(24)34-27(40)21-16-36(3)25(39)11-20(21)26(30)31/h10-14,16-17,26H,4-9,15H2,1-3H3,(H,34,40)/t17-/m1/s1. The molecular formula is C28H32F3N7O3. The fourth-order valence-corrected chi connectivity index (χ4v) is 5.00. The molecule has 2 aliphatic rings. The van der Waals surface area contributed by atoms with E-state index in [1.54, 1.807) is 0 Å². The van der Waals surface area contributed by atoms with Crippen LogP contribution in [-0.2, 0) is 11.8 Å². The van der Waals surface area contributed by atoms with Crippen molar-refractivity contribution < 1.29 is 22.7 Å². The van der Waals surface area contributed by atoms with Crippen LogP contribution in [0.5, 0.6) is 0 Å². The summed E-state index contributed by atoms with van der Waals surface area (Å²) in [4.78, 5) is 40.3. The zero-order valence-corrected chi connectivity index (χ0v) is 23.1. The molecule has 0 spiro atoms. The first-order valence-corrected chi connectivity index (χ1v) is 13.4. The van der Waals surface area contributed by atoms with Crippen molar-refractivity contribution in [1.29, 1.82) is 0 Å². The summed E-state index contributed by atoms with van der Waals surface area (Å²) in [5, 5.41) is 2.72. The van der Waals surface area contributed by atoms with E-state index in [9.17, 15) is 18.4 Å². The van der Waals surface area contributed by atoms with Gasteiger partial charge in [0.1, 0.15) is 5.82 Å². The van der Waals surface area contributed by atoms with Gasteiger partial charge in [-0.2, -0.15) is 0 Å². The van der Waals surface area contributed by atoms with E-state index in [2.05, 4.69) is 20.2 Å². The molecule has 1 aromatic carbocycles. The third-order valence-electron chi connectivity index (χ3n) is 7.62. The van der Waals surface area contributed by atoms with Gasteiger partial charge in [0, 0.05) is 87.2 Å². The molecular weight excluding hydrogens is 539 g/mol. The highest BCUT2D eigenvalue weighted by Crippen LogP contribution is 2.36. The normalized spacial score (nSPS) is 18.2. The van der Waals surface area contributed by atoms with Crippen molar-refractivity contribution >= 4 is 23.2 Å². The number of morpholine rings is 1. The van der Waals surface area contributed by atoms with E-state index in [0.717, 1.165) is 16.8 Å². The van der Waals surface area contributed by atoms with Gasteiger partial charge in [0.2, 0.25) is 5.95 Å². The number of nitrogens with one attached hydrogen (secondary N) is 1. The van der Waals surface area contributed by atoms with Crippen LogP contribution in [0.15, 0.2) is 41.6 Å². The van der Waals surface area contributed by atoms with E-state index < -0.39 is 29.3 Å². The van der Waals surface area contributed by atoms with E-state index in [-0.39, 0.29) is 22.9 Å². The molecule has 0 saturated carbocycles. The van der Waals surface area contributed by atoms with Gasteiger partial charge in [-0.05, 0) is 26.1 Å². The van der Waals surface area contributed by atoms with Gasteiger partial charge in [-0.1, -0.05) is 0 Å². The number of hydrogen-bond acceptors (Lipinski definition) is 8. The zero-order valence-electron chi connectivity index (χ0n) is 23.1. The van der Waals surface area contributed by atoms with Gasteiger partial charge in [-0.25, -0.2) is 23.1 Å². The number of halogens is 3. The predicted octanol–water partition coefficient (Wildman–Crippen LogP) is 3.15. The fourth-order valence-electron chi connectivity index (χ4n) is 5.00. The van der Waals surface area contributed by atoms with E-state index in [4.69, 9.17) is 4.74 Å². The Hall–Kier alpha value is -3.97. The number of aromatic nitrogens is 3. The highest BCUT2D eigenvalue weighted by molar-refractivity contribution is 6.07. The van der Waals surface area contributed by atoms with Gasteiger partial charge < -0.3 is 29.3 Å². The van der Waals surface area contributed by atoms with Crippen LogP contribution in [0.1, 0.15) is 29.3 Å². The van der Waals surface area contributed by atoms with Crippen LogP contribution in [0.3, 0.4) is 0 Å². The fraction of sp³-hybridized carbons (Fsp3) is 0.429. The number of benzene rings is 1. The molecule has 2 aromatic heterocycles. The molecule has 5 rings (SSSR count). The molecule has 1 amide bonds. The largest absolute Gasteiger partial charge is 0.378 e. The molecule has 2 saturated heterocycles. The average molecular weight is 572 g/mol. The quantitative estimate of drug-likeness (QED) is 0.482. The number of amides is 1. The molecule has 218 valence electrons. The highest BCUT2D eigenvalue weighted by Gasteiger charge is 2.27. The molecule has 0 aliphatic carbocycles. The van der Waals surface area contributed by atoms with Crippen LogP contribution in [-0.4, -0.2) is 84.4 Å². The molecule has 0 unspecified atom stereocenters. The Morgan fingerprint density at radius 1 is 1.05 bits per heavy atom. The van der Waals surface area contributed by atoms with Crippen molar-refractivity contribution in [2.24, 2.45) is 7.05 Å². The molecule has 1 N–H and O–H groups in total. The molecule has 0 bridgehead atoms. The summed E-state index contributed by atoms with van der Waals surface area (Å²) in [5.41, 5.74) is -0.464. The number of aryl methyl sites for hydroxylation is 1. The predicted molar refractivity (Wildman–Crippen MR) is 149 cm³/mol. The van der Waals surface area contributed by atoms with Gasteiger partial charge in [0.15, 0.2) is 0 Å². The first-order chi connectivity index (χ1) is 19.6. The molecule has 2 aliphatic heterocycles. The first kappa shape index (κ1) is 28.6. The minimum atomic E-state index is -3.03. The molecule has 10 nitrogen and oxygen atoms in total. The first-order valence-electron chi connectivity index (χ1n) is 13.4. The minimum Gasteiger partial charge on any atom is -0.378 e. The SMILES string of the molecule is C[C@@H]1CN(c2cc(F)c(-c3cnc(N4CCOCC4)nc3)cc2NC(=O)c2cn(C)c(=O)cc2C(F)F)CCN1C. The number of carbonyl (C=O) groups is 1. The number of carbonyl (C=O) groups excluding carboxylic acids is 1. The number of likely N-dealkylation sites (N-methyl/N-ethyl adjacent to an activating group) is 1. The van der Waals surface area contributed by atoms with E-state index in [0.29, 0.717) is 63.1 Å². The van der Waals surface area contributed by atoms with E-state index in [1.165, 1.54) is 31.6 Å². The Morgan fingerprint density at radius 2 is 1.76 bits per heavy atom. The summed E-state index contributed by atoms with van der Waals surface area (Å²) in [6.07, 6.45) is 1.08. The van der Waals surface area contributed by atoms with Crippen molar-refractivity contribution in [2.45, 2.75) is 19.4 Å². The van der Waals surface area contributed by atoms with Crippen molar-refractivity contribution in [3.63, 3.8) is 0 Å². The maximum Gasteiger partial charge on any atom is 0.264 e. The van der Waals surface area contributed by atoms with Crippen LogP contribution in [0.25, 0.3) is 11.1 Å². The third kappa shape index (κ3) is 6.05. The number of rotatable bonds is 6. The number of alkyl halides is 2. The number of piperazine rings is 1. The number of pyridine rings is 1. The van der Waals surface area contributed by atoms with Gasteiger partial charge in [-0.15, -0.1) is 0 Å². The van der Waals surface area contributed by atoms with E-state index in [1.807, 2.05) is 23.8 Å². The lowest BCUT2D eigenvalue weighted by Crippen LogP contribution is -2.50. The molecule has 4 heterocycles. The Kier molecular flexibility index (Phi) is 8.27. The monoisotopic (exact) mass is 571 g/mol. The van der Waals surface area contributed by atoms with Crippen LogP contribution >= 0.6 is 0 Å². The zero-order chi connectivity index (χ0) is 29.3. The van der Waals surface area contributed by atoms with E-state index >= 15 is 4.39 Å². The number of nitrogens with zero attached hydrogens (tertiary/aromatic N) is 6. The third-order valence-corrected chi connectivity index (χ3v) is 7.62. The van der Waals surface area contributed by atoms with Crippen molar-refractivity contribution in [2.75, 3.05) is 68.1 Å². The second kappa shape index (κ2) is 11.9. The summed E-state index contributed by atoms with van der Waals surface area (Å²) in [7, 11) is 3.38. The maximum absolute atomic E-state index is 15.7. The summed E-state index contributed by atoms with van der Waals surface area (Å²) in [5.74, 6) is -0.873. The lowest BCUT2D eigenvalue weighted by Gasteiger charge is -2.39. The summed E-state index contributed by atoms with van der Waals surface area (Å²) < 4.78 is 49.6. The molecule has 41 heavy (non-hydrogen) atoms. The summed E-state index contributed by atoms with van der Waals surface area (Å²) in [6, 6.07) is 3.73. The molecule has 13 heteroatoms. The summed E-state index contributed by atoms with van der Waals surface area (Å²) in [6.45, 7) is 6.32. The average Bonchev–Trinajstić information content (AvgIpc) is 2.97. The molecule has 3 aromatic rings. The number of hydrogen-bond donors (Lipinski definition) is 1. The number of ether oxygens (including phenoxy) is 1. The van der Waals surface area contributed by atoms with Crippen LogP contribution in [0.4, 0.5) is 30.5 Å². The Morgan fingerprint density at radius 3 is 2.41 bits per heavy atom. The van der Waals surface area contributed by atoms with Crippen LogP contribution in [0, 0.1) is 5.82 Å². The van der Waals surface area contributed by atoms with Crippen molar-refractivity contribution in [1.82, 2.24) is 19.4 Å². The highest BCUT2D eigenvalue weighted by atomic mass is 19.3. The summed E-state index contributed by atoms with van der Waals surface area (Å²) >= 11 is 0. The molecule has 1 atom stereocenters. The Balaban J connectivity index is 1.53. The number of anilines is 3.